The molecule has 0 bridgehead atoms. The molecule has 0 fully saturated rings. The van der Waals surface area contributed by atoms with Crippen molar-refractivity contribution in [1.82, 2.24) is 0 Å². The molecule has 0 rings (SSSR count). The minimum Gasteiger partial charge on any atom is -0.481 e. The number of hydrogen-bond acceptors (Lipinski definition) is 2. The van der Waals surface area contributed by atoms with Gasteiger partial charge in [-0.2, -0.15) is 0 Å². The van der Waals surface area contributed by atoms with Gasteiger partial charge in [0.1, 0.15) is 0 Å². The molecule has 0 saturated carbocycles. The molecule has 4 nitrogen and oxygen atoms in total. The van der Waals surface area contributed by atoms with Crippen molar-refractivity contribution in [3.8, 4) is 0 Å². The van der Waals surface area contributed by atoms with E-state index >= 15 is 0 Å². The predicted molar refractivity (Wildman–Crippen MR) is 32.3 cm³/mol. The summed E-state index contributed by atoms with van der Waals surface area (Å²) in [5.74, 6) is -3.26. The Morgan fingerprint density at radius 2 is 1.90 bits per heavy atom. The summed E-state index contributed by atoms with van der Waals surface area (Å²) < 4.78 is 0. The van der Waals surface area contributed by atoms with Crippen LogP contribution in [0.5, 0.6) is 0 Å². The van der Waals surface area contributed by atoms with Crippen LogP contribution in [-0.2, 0) is 9.59 Å². The predicted octanol–water partition coefficient (Wildman–Crippen LogP) is 0.263. The van der Waals surface area contributed by atoms with Gasteiger partial charge < -0.3 is 10.2 Å². The van der Waals surface area contributed by atoms with E-state index in [-0.39, 0.29) is 12.8 Å². The molecule has 2 N–H and O–H groups in total. The van der Waals surface area contributed by atoms with Crippen LogP contribution in [0.2, 0.25) is 0 Å². The zero-order chi connectivity index (χ0) is 8.15. The third kappa shape index (κ3) is 3.88. The fourth-order valence-electron chi connectivity index (χ4n) is 0.402. The van der Waals surface area contributed by atoms with Crippen molar-refractivity contribution < 1.29 is 19.8 Å². The second-order valence-corrected chi connectivity index (χ2v) is 1.88. The summed E-state index contributed by atoms with van der Waals surface area (Å²) in [6, 6.07) is 0. The second kappa shape index (κ2) is 3.87. The van der Waals surface area contributed by atoms with Crippen LogP contribution in [0.3, 0.4) is 0 Å². The summed E-state index contributed by atoms with van der Waals surface area (Å²) in [6.07, 6.45) is -0.224. The first-order chi connectivity index (χ1) is 4.54. The highest BCUT2D eigenvalue weighted by molar-refractivity contribution is 5.72. The maximum atomic E-state index is 9.99. The summed E-state index contributed by atoms with van der Waals surface area (Å²) in [4.78, 5) is 19.9. The summed E-state index contributed by atoms with van der Waals surface area (Å²) >= 11 is 0. The van der Waals surface area contributed by atoms with Gasteiger partial charge in [-0.1, -0.05) is 0 Å². The number of rotatable bonds is 4. The molecule has 4 heteroatoms. The van der Waals surface area contributed by atoms with Crippen LogP contribution in [0, 0.1) is 12.8 Å². The Morgan fingerprint density at radius 1 is 1.40 bits per heavy atom. The number of carboxylic acid groups (broad SMARTS) is 2. The molecule has 1 unspecified atom stereocenters. The Labute approximate surface area is 58.5 Å². The number of carboxylic acids is 2. The van der Waals surface area contributed by atoms with Crippen LogP contribution in [0.4, 0.5) is 0 Å². The van der Waals surface area contributed by atoms with E-state index in [0.29, 0.717) is 0 Å². The zero-order valence-corrected chi connectivity index (χ0v) is 5.28. The Hall–Kier alpha value is -1.06. The SMILES string of the molecule is [CH]C(CCC(=O)O)C(=O)O. The van der Waals surface area contributed by atoms with E-state index in [9.17, 15) is 9.59 Å². The summed E-state index contributed by atoms with van der Waals surface area (Å²) in [7, 11) is 0. The molecule has 2 radical (unpaired) electrons. The van der Waals surface area contributed by atoms with E-state index in [1.54, 1.807) is 0 Å². The van der Waals surface area contributed by atoms with Gasteiger partial charge in [-0.15, -0.1) is 0 Å². The second-order valence-electron chi connectivity index (χ2n) is 1.88. The summed E-state index contributed by atoms with van der Waals surface area (Å²) in [5, 5.41) is 16.3. The van der Waals surface area contributed by atoms with Gasteiger partial charge in [-0.3, -0.25) is 9.59 Å². The fourth-order valence-corrected chi connectivity index (χ4v) is 0.402. The lowest BCUT2D eigenvalue weighted by Gasteiger charge is -2.00. The van der Waals surface area contributed by atoms with Gasteiger partial charge in [0.05, 0.1) is 5.92 Å². The molecular weight excluding hydrogens is 136 g/mol. The molecule has 0 aromatic carbocycles. The standard InChI is InChI=1S/C6H8O4/c1-4(6(9)10)2-3-5(7)8/h1,4H,2-3H2,(H,7,8)(H,9,10). The fraction of sp³-hybridized carbons (Fsp3) is 0.500. The molecule has 0 heterocycles. The molecule has 0 spiro atoms. The van der Waals surface area contributed by atoms with E-state index < -0.39 is 17.9 Å². The van der Waals surface area contributed by atoms with Crippen LogP contribution < -0.4 is 0 Å². The molecule has 0 aliphatic rings. The number of carbonyl (C=O) groups is 2. The minimum absolute atomic E-state index is 0.0231. The highest BCUT2D eigenvalue weighted by atomic mass is 16.4. The van der Waals surface area contributed by atoms with Crippen molar-refractivity contribution in [1.29, 1.82) is 0 Å². The largest absolute Gasteiger partial charge is 0.481 e. The molecule has 0 aliphatic heterocycles. The molecule has 56 valence electrons. The topological polar surface area (TPSA) is 74.6 Å². The van der Waals surface area contributed by atoms with Crippen molar-refractivity contribution in [2.45, 2.75) is 12.8 Å². The molecule has 0 saturated heterocycles. The minimum atomic E-state index is -1.17. The highest BCUT2D eigenvalue weighted by Crippen LogP contribution is 2.03. The van der Waals surface area contributed by atoms with E-state index in [1.807, 2.05) is 0 Å². The first-order valence-corrected chi connectivity index (χ1v) is 2.74. The molecule has 1 atom stereocenters. The number of aliphatic carboxylic acids is 2. The van der Waals surface area contributed by atoms with E-state index in [0.717, 1.165) is 0 Å². The van der Waals surface area contributed by atoms with Crippen LogP contribution in [0.1, 0.15) is 12.8 Å². The van der Waals surface area contributed by atoms with Gasteiger partial charge >= 0.3 is 11.9 Å². The van der Waals surface area contributed by atoms with Crippen molar-refractivity contribution in [3.63, 3.8) is 0 Å². The van der Waals surface area contributed by atoms with Crippen molar-refractivity contribution in [2.24, 2.45) is 5.92 Å². The van der Waals surface area contributed by atoms with Gasteiger partial charge in [0, 0.05) is 6.42 Å². The summed E-state index contributed by atoms with van der Waals surface area (Å²) in [5.41, 5.74) is 0. The first-order valence-electron chi connectivity index (χ1n) is 2.74. The smallest absolute Gasteiger partial charge is 0.306 e. The van der Waals surface area contributed by atoms with Crippen molar-refractivity contribution in [2.75, 3.05) is 0 Å². The number of hydrogen-bond donors (Lipinski definition) is 2. The third-order valence-electron chi connectivity index (χ3n) is 0.986. The van der Waals surface area contributed by atoms with Crippen molar-refractivity contribution >= 4 is 11.9 Å². The normalized spacial score (nSPS) is 12.5. The van der Waals surface area contributed by atoms with E-state index in [2.05, 4.69) is 0 Å². The van der Waals surface area contributed by atoms with Gasteiger partial charge in [0.25, 0.3) is 0 Å². The van der Waals surface area contributed by atoms with Crippen LogP contribution in [0.15, 0.2) is 0 Å². The quantitative estimate of drug-likeness (QED) is 0.593. The average molecular weight is 144 g/mol. The highest BCUT2D eigenvalue weighted by Gasteiger charge is 2.11. The Kier molecular flexibility index (Phi) is 3.46. The lowest BCUT2D eigenvalue weighted by Crippen LogP contribution is -2.11. The first kappa shape index (κ1) is 8.94. The van der Waals surface area contributed by atoms with Crippen LogP contribution >= 0.6 is 0 Å². The zero-order valence-electron chi connectivity index (χ0n) is 5.28. The molecule has 0 aromatic rings. The molecule has 0 aromatic heterocycles. The van der Waals surface area contributed by atoms with Crippen LogP contribution in [-0.4, -0.2) is 22.2 Å². The molecule has 0 amide bonds. The maximum absolute atomic E-state index is 9.99. The Bertz CT molecular complexity index is 141. The Morgan fingerprint density at radius 3 is 2.20 bits per heavy atom. The van der Waals surface area contributed by atoms with E-state index in [4.69, 9.17) is 17.1 Å². The lowest BCUT2D eigenvalue weighted by molar-refractivity contribution is -0.141. The maximum Gasteiger partial charge on any atom is 0.306 e. The molecule has 0 aliphatic carbocycles. The molecule has 10 heavy (non-hydrogen) atoms. The average Bonchev–Trinajstić information content (AvgIpc) is 1.82. The monoisotopic (exact) mass is 144 g/mol. The van der Waals surface area contributed by atoms with E-state index in [1.165, 1.54) is 0 Å². The van der Waals surface area contributed by atoms with Gasteiger partial charge in [-0.25, -0.2) is 0 Å². The van der Waals surface area contributed by atoms with Gasteiger partial charge in [-0.05, 0) is 13.3 Å². The summed E-state index contributed by atoms with van der Waals surface area (Å²) in [6.45, 7) is 5.00. The lowest BCUT2D eigenvalue weighted by atomic mass is 10.1. The van der Waals surface area contributed by atoms with Gasteiger partial charge in [0.2, 0.25) is 0 Å². The van der Waals surface area contributed by atoms with Crippen molar-refractivity contribution in [3.05, 3.63) is 6.92 Å². The Balaban J connectivity index is 3.49. The van der Waals surface area contributed by atoms with Crippen LogP contribution in [0.25, 0.3) is 0 Å². The van der Waals surface area contributed by atoms with Gasteiger partial charge in [0.15, 0.2) is 0 Å². The molecular formula is C6H8O4. The third-order valence-corrected chi connectivity index (χ3v) is 0.986.